The summed E-state index contributed by atoms with van der Waals surface area (Å²) in [6, 6.07) is 5.64. The van der Waals surface area contributed by atoms with Crippen molar-refractivity contribution in [2.75, 3.05) is 0 Å². The van der Waals surface area contributed by atoms with E-state index in [0.717, 1.165) is 9.87 Å². The molecule has 5 nitrogen and oxygen atoms in total. The van der Waals surface area contributed by atoms with Gasteiger partial charge in [-0.3, -0.25) is 9.79 Å². The monoisotopic (exact) mass is 370 g/mol. The lowest BCUT2D eigenvalue weighted by molar-refractivity contribution is -0.120. The molecular weight excluding hydrogens is 348 g/mol. The number of carbonyl (C=O) groups is 1. The highest BCUT2D eigenvalue weighted by Crippen LogP contribution is 2.36. The number of sulfonamides is 1. The summed E-state index contributed by atoms with van der Waals surface area (Å²) < 4.78 is 27.6. The molecule has 0 unspecified atom stereocenters. The molecule has 0 bridgehead atoms. The Morgan fingerprint density at radius 3 is 2.33 bits per heavy atom. The highest BCUT2D eigenvalue weighted by atomic mass is 35.5. The second kappa shape index (κ2) is 6.48. The first kappa shape index (κ1) is 18.9. The fourth-order valence-electron chi connectivity index (χ4n) is 2.96. The van der Waals surface area contributed by atoms with Gasteiger partial charge in [-0.15, -0.1) is 11.6 Å². The zero-order chi connectivity index (χ0) is 18.3. The summed E-state index contributed by atoms with van der Waals surface area (Å²) in [7, 11) is -3.93. The summed E-state index contributed by atoms with van der Waals surface area (Å²) in [6.07, 6.45) is 0.515. The van der Waals surface area contributed by atoms with Crippen LogP contribution in [0.15, 0.2) is 34.2 Å². The third-order valence-corrected chi connectivity index (χ3v) is 6.42. The molecule has 1 aliphatic heterocycles. The molecular formula is C17H23ClN2O3S. The lowest BCUT2D eigenvalue weighted by atomic mass is 9.94. The van der Waals surface area contributed by atoms with Crippen LogP contribution in [0.3, 0.4) is 0 Å². The number of benzene rings is 1. The number of hydrogen-bond donors (Lipinski definition) is 0. The van der Waals surface area contributed by atoms with Crippen molar-refractivity contribution in [3.63, 3.8) is 0 Å². The highest BCUT2D eigenvalue weighted by molar-refractivity contribution is 7.89. The number of hydrogen-bond acceptors (Lipinski definition) is 4. The van der Waals surface area contributed by atoms with E-state index in [9.17, 15) is 13.2 Å². The molecule has 0 spiro atoms. The molecule has 0 fully saturated rings. The van der Waals surface area contributed by atoms with Gasteiger partial charge in [-0.25, -0.2) is 12.7 Å². The molecule has 0 saturated carbocycles. The van der Waals surface area contributed by atoms with Crippen LogP contribution in [-0.4, -0.2) is 41.3 Å². The Balaban J connectivity index is 2.63. The SMILES string of the molecule is CC[C@H](Cl)C1=NC(C)(C)[C@H](C(C)=O)N1S(=O)(=O)c1ccc(C)cc1. The minimum atomic E-state index is -3.93. The molecule has 1 heterocycles. The van der Waals surface area contributed by atoms with E-state index in [2.05, 4.69) is 4.99 Å². The molecule has 1 aromatic carbocycles. The molecule has 0 N–H and O–H groups in total. The Morgan fingerprint density at radius 1 is 1.33 bits per heavy atom. The predicted molar refractivity (Wildman–Crippen MR) is 96.1 cm³/mol. The van der Waals surface area contributed by atoms with Gasteiger partial charge in [-0.2, -0.15) is 0 Å². The summed E-state index contributed by atoms with van der Waals surface area (Å²) in [4.78, 5) is 16.9. The van der Waals surface area contributed by atoms with E-state index in [4.69, 9.17) is 11.6 Å². The number of aryl methyl sites for hydroxylation is 1. The van der Waals surface area contributed by atoms with Crippen molar-refractivity contribution in [2.45, 2.75) is 62.9 Å². The quantitative estimate of drug-likeness (QED) is 0.748. The number of rotatable bonds is 5. The topological polar surface area (TPSA) is 66.8 Å². The standard InChI is InChI=1S/C17H23ClN2O3S/c1-6-14(18)16-19-17(4,5)15(12(3)21)20(16)24(22,23)13-9-7-11(2)8-10-13/h7-10,14-15H,6H2,1-5H3/t14-,15-/m0/s1. The number of alkyl halides is 1. The number of Topliss-reactive ketones (excluding diaryl/α,β-unsaturated/α-hetero) is 1. The van der Waals surface area contributed by atoms with Crippen LogP contribution in [0.2, 0.25) is 0 Å². The molecule has 2 rings (SSSR count). The predicted octanol–water partition coefficient (Wildman–Crippen LogP) is 3.15. The molecule has 1 aliphatic rings. The fraction of sp³-hybridized carbons (Fsp3) is 0.529. The van der Waals surface area contributed by atoms with E-state index in [1.54, 1.807) is 38.1 Å². The first-order chi connectivity index (χ1) is 11.0. The number of ketones is 1. The van der Waals surface area contributed by atoms with Crippen LogP contribution in [0.1, 0.15) is 39.7 Å². The minimum Gasteiger partial charge on any atom is -0.298 e. The van der Waals surface area contributed by atoms with Crippen LogP contribution in [0, 0.1) is 6.92 Å². The molecule has 0 saturated heterocycles. The van der Waals surface area contributed by atoms with E-state index in [1.807, 2.05) is 13.8 Å². The first-order valence-corrected chi connectivity index (χ1v) is 9.75. The van der Waals surface area contributed by atoms with E-state index in [-0.39, 0.29) is 16.5 Å². The Kier molecular flexibility index (Phi) is 5.11. The van der Waals surface area contributed by atoms with Crippen molar-refractivity contribution in [3.05, 3.63) is 29.8 Å². The fourth-order valence-corrected chi connectivity index (χ4v) is 4.98. The summed E-state index contributed by atoms with van der Waals surface area (Å²) >= 11 is 6.33. The van der Waals surface area contributed by atoms with Crippen molar-refractivity contribution >= 4 is 33.2 Å². The third-order valence-electron chi connectivity index (χ3n) is 4.13. The number of halogens is 1. The first-order valence-electron chi connectivity index (χ1n) is 7.87. The van der Waals surface area contributed by atoms with Crippen LogP contribution in [0.25, 0.3) is 0 Å². The maximum absolute atomic E-state index is 13.2. The highest BCUT2D eigenvalue weighted by Gasteiger charge is 2.51. The summed E-state index contributed by atoms with van der Waals surface area (Å²) in [5, 5.41) is -0.575. The van der Waals surface area contributed by atoms with Crippen molar-refractivity contribution in [2.24, 2.45) is 4.99 Å². The maximum atomic E-state index is 13.2. The Morgan fingerprint density at radius 2 is 1.88 bits per heavy atom. The average Bonchev–Trinajstić information content (AvgIpc) is 2.79. The number of aliphatic imine (C=N–C) groups is 1. The third kappa shape index (κ3) is 3.22. The largest absolute Gasteiger partial charge is 0.298 e. The van der Waals surface area contributed by atoms with Crippen molar-refractivity contribution in [1.29, 1.82) is 0 Å². The zero-order valence-electron chi connectivity index (χ0n) is 14.6. The molecule has 0 radical (unpaired) electrons. The summed E-state index contributed by atoms with van der Waals surface area (Å²) in [6.45, 7) is 8.63. The lowest BCUT2D eigenvalue weighted by Crippen LogP contribution is -2.52. The van der Waals surface area contributed by atoms with Gasteiger partial charge in [0.15, 0.2) is 5.78 Å². The van der Waals surface area contributed by atoms with Crippen molar-refractivity contribution < 1.29 is 13.2 Å². The number of nitrogens with zero attached hydrogens (tertiary/aromatic N) is 2. The van der Waals surface area contributed by atoms with Gasteiger partial charge in [0.2, 0.25) is 0 Å². The van der Waals surface area contributed by atoms with E-state index in [1.165, 1.54) is 6.92 Å². The van der Waals surface area contributed by atoms with Gasteiger partial charge in [-0.1, -0.05) is 24.6 Å². The number of carbonyl (C=O) groups excluding carboxylic acids is 1. The maximum Gasteiger partial charge on any atom is 0.266 e. The van der Waals surface area contributed by atoms with Gasteiger partial charge in [0.05, 0.1) is 15.8 Å². The number of amidine groups is 1. The van der Waals surface area contributed by atoms with Crippen LogP contribution in [0.5, 0.6) is 0 Å². The Hall–Kier alpha value is -1.40. The van der Waals surface area contributed by atoms with Gasteiger partial charge in [0.25, 0.3) is 10.0 Å². The van der Waals surface area contributed by atoms with Gasteiger partial charge in [0, 0.05) is 0 Å². The zero-order valence-corrected chi connectivity index (χ0v) is 16.1. The lowest BCUT2D eigenvalue weighted by Gasteiger charge is -2.31. The average molecular weight is 371 g/mol. The van der Waals surface area contributed by atoms with Crippen molar-refractivity contribution in [1.82, 2.24) is 4.31 Å². The summed E-state index contributed by atoms with van der Waals surface area (Å²) in [5.74, 6) is -0.0145. The van der Waals surface area contributed by atoms with Crippen molar-refractivity contribution in [3.8, 4) is 0 Å². The Bertz CT molecular complexity index is 770. The van der Waals surface area contributed by atoms with E-state index < -0.39 is 27.0 Å². The second-order valence-electron chi connectivity index (χ2n) is 6.63. The van der Waals surface area contributed by atoms with Gasteiger partial charge in [-0.05, 0) is 46.2 Å². The molecule has 0 aromatic heterocycles. The van der Waals surface area contributed by atoms with Crippen LogP contribution >= 0.6 is 11.6 Å². The van der Waals surface area contributed by atoms with Gasteiger partial charge < -0.3 is 0 Å². The smallest absolute Gasteiger partial charge is 0.266 e. The molecule has 7 heteroatoms. The molecule has 24 heavy (non-hydrogen) atoms. The van der Waals surface area contributed by atoms with E-state index >= 15 is 0 Å². The molecule has 132 valence electrons. The summed E-state index contributed by atoms with van der Waals surface area (Å²) in [5.41, 5.74) is 0.0952. The van der Waals surface area contributed by atoms with Gasteiger partial charge >= 0.3 is 0 Å². The van der Waals surface area contributed by atoms with Gasteiger partial charge in [0.1, 0.15) is 11.9 Å². The van der Waals surface area contributed by atoms with Crippen LogP contribution in [-0.2, 0) is 14.8 Å². The van der Waals surface area contributed by atoms with Crippen LogP contribution < -0.4 is 0 Å². The second-order valence-corrected chi connectivity index (χ2v) is 8.97. The normalized spacial score (nSPS) is 21.5. The molecule has 1 aromatic rings. The molecule has 0 amide bonds. The molecule has 0 aliphatic carbocycles. The Labute approximate surface area is 148 Å². The van der Waals surface area contributed by atoms with Crippen LogP contribution in [0.4, 0.5) is 0 Å². The minimum absolute atomic E-state index is 0.129. The van der Waals surface area contributed by atoms with E-state index in [0.29, 0.717) is 6.42 Å². The molecule has 2 atom stereocenters.